The van der Waals surface area contributed by atoms with Crippen molar-refractivity contribution in [2.45, 2.75) is 44.0 Å². The molecule has 8 heteroatoms. The van der Waals surface area contributed by atoms with E-state index in [0.29, 0.717) is 10.7 Å². The summed E-state index contributed by atoms with van der Waals surface area (Å²) in [6.07, 6.45) is 1.75. The van der Waals surface area contributed by atoms with E-state index in [2.05, 4.69) is 96.0 Å². The fourth-order valence-corrected chi connectivity index (χ4v) is 5.28. The number of thiazole rings is 1. The Kier molecular flexibility index (Phi) is 5.87. The van der Waals surface area contributed by atoms with Crippen LogP contribution in [0.4, 0.5) is 0 Å². The van der Waals surface area contributed by atoms with Crippen molar-refractivity contribution in [3.8, 4) is 17.1 Å². The van der Waals surface area contributed by atoms with E-state index in [1.54, 1.807) is 16.7 Å². The predicted molar refractivity (Wildman–Crippen MR) is 139 cm³/mol. The first-order chi connectivity index (χ1) is 16.3. The van der Waals surface area contributed by atoms with Crippen molar-refractivity contribution in [2.24, 2.45) is 0 Å². The molecule has 5 rings (SSSR count). The first-order valence-electron chi connectivity index (χ1n) is 11.0. The highest BCUT2D eigenvalue weighted by molar-refractivity contribution is 7.98. The molecule has 0 bridgehead atoms. The molecule has 0 saturated heterocycles. The van der Waals surface area contributed by atoms with Gasteiger partial charge in [0.25, 0.3) is 5.56 Å². The monoisotopic (exact) mass is 487 g/mol. The topological polar surface area (TPSA) is 65.1 Å². The Morgan fingerprint density at radius 2 is 1.74 bits per heavy atom. The minimum absolute atomic E-state index is 0.0681. The number of rotatable bonds is 5. The van der Waals surface area contributed by atoms with Crippen molar-refractivity contribution in [1.29, 1.82) is 0 Å². The molecular weight excluding hydrogens is 462 g/mol. The average molecular weight is 488 g/mol. The van der Waals surface area contributed by atoms with Gasteiger partial charge in [0, 0.05) is 34.6 Å². The Morgan fingerprint density at radius 1 is 1.00 bits per heavy atom. The van der Waals surface area contributed by atoms with Crippen LogP contribution >= 0.6 is 23.1 Å². The third-order valence-corrected chi connectivity index (χ3v) is 7.36. The van der Waals surface area contributed by atoms with Crippen LogP contribution in [0, 0.1) is 6.92 Å². The highest BCUT2D eigenvalue weighted by Crippen LogP contribution is 2.31. The van der Waals surface area contributed by atoms with Gasteiger partial charge < -0.3 is 0 Å². The number of nitrogens with zero attached hydrogens (tertiary/aromatic N) is 5. The quantitative estimate of drug-likeness (QED) is 0.289. The van der Waals surface area contributed by atoms with Crippen molar-refractivity contribution in [1.82, 2.24) is 24.1 Å². The smallest absolute Gasteiger partial charge is 0.258 e. The van der Waals surface area contributed by atoms with Gasteiger partial charge in [-0.3, -0.25) is 13.8 Å². The number of fused-ring (bicyclic) bond motifs is 1. The van der Waals surface area contributed by atoms with E-state index in [1.807, 2.05) is 5.38 Å². The van der Waals surface area contributed by atoms with Gasteiger partial charge in [0.05, 0.1) is 5.69 Å². The fraction of sp³-hybridized carbons (Fsp3) is 0.231. The van der Waals surface area contributed by atoms with E-state index in [1.165, 1.54) is 34.2 Å². The van der Waals surface area contributed by atoms with E-state index in [9.17, 15) is 4.79 Å². The Balaban J connectivity index is 1.52. The first-order valence-corrected chi connectivity index (χ1v) is 12.9. The highest BCUT2D eigenvalue weighted by Gasteiger charge is 2.19. The molecule has 0 aliphatic rings. The zero-order chi connectivity index (χ0) is 23.9. The van der Waals surface area contributed by atoms with Gasteiger partial charge in [-0.25, -0.2) is 4.98 Å². The number of hydrogen-bond acceptors (Lipinski definition) is 6. The second-order valence-electron chi connectivity index (χ2n) is 9.23. The zero-order valence-corrected chi connectivity index (χ0v) is 21.2. The molecule has 3 heterocycles. The Labute approximate surface area is 206 Å². The summed E-state index contributed by atoms with van der Waals surface area (Å²) in [5, 5.41) is 11.7. The number of thioether (sulfide) groups is 1. The van der Waals surface area contributed by atoms with Gasteiger partial charge >= 0.3 is 0 Å². The zero-order valence-electron chi connectivity index (χ0n) is 19.5. The molecule has 0 aliphatic heterocycles. The van der Waals surface area contributed by atoms with Gasteiger partial charge in [0.15, 0.2) is 15.9 Å². The van der Waals surface area contributed by atoms with Crippen molar-refractivity contribution < 1.29 is 0 Å². The summed E-state index contributed by atoms with van der Waals surface area (Å²) in [7, 11) is 0. The summed E-state index contributed by atoms with van der Waals surface area (Å²) in [5.41, 5.74) is 5.21. The number of benzene rings is 2. The molecule has 0 unspecified atom stereocenters. The summed E-state index contributed by atoms with van der Waals surface area (Å²) < 4.78 is 3.64. The highest BCUT2D eigenvalue weighted by atomic mass is 32.2. The van der Waals surface area contributed by atoms with E-state index in [0.717, 1.165) is 27.9 Å². The number of aryl methyl sites for hydroxylation is 1. The minimum atomic E-state index is -0.0681. The minimum Gasteiger partial charge on any atom is -0.270 e. The van der Waals surface area contributed by atoms with E-state index in [4.69, 9.17) is 0 Å². The third kappa shape index (κ3) is 4.43. The van der Waals surface area contributed by atoms with Crippen LogP contribution in [-0.2, 0) is 11.2 Å². The van der Waals surface area contributed by atoms with Crippen LogP contribution in [-0.4, -0.2) is 24.1 Å². The Bertz CT molecular complexity index is 1510. The van der Waals surface area contributed by atoms with Crippen LogP contribution in [0.1, 0.15) is 37.6 Å². The molecule has 0 saturated carbocycles. The van der Waals surface area contributed by atoms with E-state index >= 15 is 0 Å². The van der Waals surface area contributed by atoms with Crippen molar-refractivity contribution in [3.63, 3.8) is 0 Å². The first kappa shape index (κ1) is 22.6. The van der Waals surface area contributed by atoms with Crippen LogP contribution in [0.25, 0.3) is 22.0 Å². The molecule has 0 atom stereocenters. The van der Waals surface area contributed by atoms with E-state index < -0.39 is 0 Å². The molecule has 5 aromatic rings. The molecule has 0 spiro atoms. The largest absolute Gasteiger partial charge is 0.270 e. The second kappa shape index (κ2) is 8.85. The van der Waals surface area contributed by atoms with Crippen LogP contribution in [0.5, 0.6) is 0 Å². The summed E-state index contributed by atoms with van der Waals surface area (Å²) >= 11 is 2.98. The molecule has 2 aromatic carbocycles. The molecule has 34 heavy (non-hydrogen) atoms. The van der Waals surface area contributed by atoms with Crippen LogP contribution in [0.15, 0.2) is 76.1 Å². The maximum Gasteiger partial charge on any atom is 0.258 e. The van der Waals surface area contributed by atoms with Gasteiger partial charge in [0.2, 0.25) is 0 Å². The van der Waals surface area contributed by atoms with Gasteiger partial charge in [-0.15, -0.1) is 21.5 Å². The Hall–Kier alpha value is -3.23. The van der Waals surface area contributed by atoms with Crippen molar-refractivity contribution in [2.75, 3.05) is 0 Å². The molecule has 0 N–H and O–H groups in total. The molecular formula is C26H25N5OS2. The molecule has 0 aliphatic carbocycles. The van der Waals surface area contributed by atoms with Crippen LogP contribution < -0.4 is 5.56 Å². The third-order valence-electron chi connectivity index (χ3n) is 5.64. The standard InChI is InChI=1S/C26H25N5OS2/c1-17-5-11-21(12-6-17)31-23(18-7-9-19(10-8-18)26(2,3)4)28-29-25(31)34-16-20-15-22(32)30-13-14-33-24(30)27-20/h5-15H,16H2,1-4H3. The van der Waals surface area contributed by atoms with Gasteiger partial charge in [-0.05, 0) is 30.0 Å². The summed E-state index contributed by atoms with van der Waals surface area (Å²) in [6.45, 7) is 8.69. The SMILES string of the molecule is Cc1ccc(-n2c(SCc3cc(=O)n4ccsc4n3)nnc2-c2ccc(C(C)(C)C)cc2)cc1. The maximum absolute atomic E-state index is 12.4. The Morgan fingerprint density at radius 3 is 2.44 bits per heavy atom. The summed E-state index contributed by atoms with van der Waals surface area (Å²) in [4.78, 5) is 17.7. The normalized spacial score (nSPS) is 11.9. The van der Waals surface area contributed by atoms with Gasteiger partial charge in [-0.1, -0.05) is 74.5 Å². The number of aromatic nitrogens is 5. The predicted octanol–water partition coefficient (Wildman–Crippen LogP) is 5.90. The molecule has 172 valence electrons. The van der Waals surface area contributed by atoms with Gasteiger partial charge in [0.1, 0.15) is 0 Å². The van der Waals surface area contributed by atoms with Crippen LogP contribution in [0.3, 0.4) is 0 Å². The lowest BCUT2D eigenvalue weighted by atomic mass is 9.87. The molecule has 6 nitrogen and oxygen atoms in total. The molecule has 0 amide bonds. The lowest BCUT2D eigenvalue weighted by molar-refractivity contribution is 0.590. The average Bonchev–Trinajstić information content (AvgIpc) is 3.45. The summed E-state index contributed by atoms with van der Waals surface area (Å²) in [6, 6.07) is 18.5. The molecule has 3 aromatic heterocycles. The van der Waals surface area contributed by atoms with E-state index in [-0.39, 0.29) is 11.0 Å². The lowest BCUT2D eigenvalue weighted by Crippen LogP contribution is -2.12. The molecule has 0 fully saturated rings. The van der Waals surface area contributed by atoms with Gasteiger partial charge in [-0.2, -0.15) is 0 Å². The lowest BCUT2D eigenvalue weighted by Gasteiger charge is -2.19. The second-order valence-corrected chi connectivity index (χ2v) is 11.0. The summed E-state index contributed by atoms with van der Waals surface area (Å²) in [5.74, 6) is 1.31. The molecule has 0 radical (unpaired) electrons. The van der Waals surface area contributed by atoms with Crippen LogP contribution in [0.2, 0.25) is 0 Å². The van der Waals surface area contributed by atoms with Crippen molar-refractivity contribution in [3.05, 3.63) is 93.3 Å². The number of hydrogen-bond donors (Lipinski definition) is 0. The van der Waals surface area contributed by atoms with Crippen molar-refractivity contribution >= 4 is 28.1 Å². The maximum atomic E-state index is 12.4. The fourth-order valence-electron chi connectivity index (χ4n) is 3.70.